The number of rotatable bonds is 9. The van der Waals surface area contributed by atoms with Crippen LogP contribution >= 0.6 is 0 Å². The topological polar surface area (TPSA) is 3.24 Å². The van der Waals surface area contributed by atoms with E-state index in [1.807, 2.05) is 0 Å². The number of hydrogen-bond donors (Lipinski definition) is 0. The van der Waals surface area contributed by atoms with Crippen molar-refractivity contribution in [3.63, 3.8) is 0 Å². The molecule has 1 nitrogen and oxygen atoms in total. The molecule has 2 rings (SSSR count). The Bertz CT molecular complexity index is 609. The van der Waals surface area contributed by atoms with Crippen molar-refractivity contribution in [2.75, 3.05) is 11.4 Å². The lowest BCUT2D eigenvalue weighted by Crippen LogP contribution is -2.42. The summed E-state index contributed by atoms with van der Waals surface area (Å²) in [4.78, 5) is 2.59. The first-order valence-electron chi connectivity index (χ1n) is 9.96. The van der Waals surface area contributed by atoms with Crippen molar-refractivity contribution in [2.45, 2.75) is 71.8 Å². The Balaban J connectivity index is 2.16. The Kier molecular flexibility index (Phi) is 7.55. The molecule has 2 aromatic carbocycles. The van der Waals surface area contributed by atoms with Gasteiger partial charge in [0.2, 0.25) is 0 Å². The van der Waals surface area contributed by atoms with Gasteiger partial charge in [-0.1, -0.05) is 87.6 Å². The van der Waals surface area contributed by atoms with Crippen LogP contribution in [0.15, 0.2) is 54.6 Å². The van der Waals surface area contributed by atoms with E-state index in [-0.39, 0.29) is 5.54 Å². The largest absolute Gasteiger partial charge is 0.366 e. The molecule has 0 spiro atoms. The average Bonchev–Trinajstić information content (AvgIpc) is 2.61. The molecule has 0 heterocycles. The SMILES string of the molecule is CCCCCCCCN(c1ccccc1-c1ccccc1)C(C)(C)C. The molecule has 2 aromatic rings. The molecule has 0 aromatic heterocycles. The molecule has 0 N–H and O–H groups in total. The number of unbranched alkanes of at least 4 members (excludes halogenated alkanes) is 5. The molecule has 0 aliphatic heterocycles. The van der Waals surface area contributed by atoms with Crippen LogP contribution in [0.5, 0.6) is 0 Å². The number of hydrogen-bond acceptors (Lipinski definition) is 1. The molecule has 0 saturated carbocycles. The summed E-state index contributed by atoms with van der Waals surface area (Å²) >= 11 is 0. The quantitative estimate of drug-likeness (QED) is 0.433. The zero-order valence-electron chi connectivity index (χ0n) is 16.6. The lowest BCUT2D eigenvalue weighted by molar-refractivity contribution is 0.485. The van der Waals surface area contributed by atoms with E-state index in [1.54, 1.807) is 0 Å². The van der Waals surface area contributed by atoms with Crippen molar-refractivity contribution in [1.82, 2.24) is 0 Å². The highest BCUT2D eigenvalue weighted by Crippen LogP contribution is 2.34. The molecular formula is C24H35N. The third-order valence-electron chi connectivity index (χ3n) is 4.82. The van der Waals surface area contributed by atoms with Crippen LogP contribution in [-0.2, 0) is 0 Å². The minimum atomic E-state index is 0.119. The van der Waals surface area contributed by atoms with E-state index in [0.717, 1.165) is 6.54 Å². The summed E-state index contributed by atoms with van der Waals surface area (Å²) < 4.78 is 0. The van der Waals surface area contributed by atoms with Gasteiger partial charge in [-0.2, -0.15) is 0 Å². The Morgan fingerprint density at radius 2 is 1.32 bits per heavy atom. The van der Waals surface area contributed by atoms with Gasteiger partial charge in [-0.25, -0.2) is 0 Å². The molecule has 0 fully saturated rings. The van der Waals surface area contributed by atoms with Crippen LogP contribution in [0.4, 0.5) is 5.69 Å². The monoisotopic (exact) mass is 337 g/mol. The summed E-state index contributed by atoms with van der Waals surface area (Å²) in [6, 6.07) is 19.6. The zero-order valence-corrected chi connectivity index (χ0v) is 16.6. The lowest BCUT2D eigenvalue weighted by atomic mass is 9.98. The third-order valence-corrected chi connectivity index (χ3v) is 4.82. The van der Waals surface area contributed by atoms with Crippen LogP contribution in [0.1, 0.15) is 66.2 Å². The van der Waals surface area contributed by atoms with Crippen molar-refractivity contribution in [2.24, 2.45) is 0 Å². The highest BCUT2D eigenvalue weighted by atomic mass is 15.2. The maximum atomic E-state index is 2.59. The fourth-order valence-corrected chi connectivity index (χ4v) is 3.44. The zero-order chi connectivity index (χ0) is 18.1. The van der Waals surface area contributed by atoms with Crippen LogP contribution in [0.25, 0.3) is 11.1 Å². The van der Waals surface area contributed by atoms with Crippen LogP contribution in [0.2, 0.25) is 0 Å². The number of nitrogens with zero attached hydrogens (tertiary/aromatic N) is 1. The number of para-hydroxylation sites is 1. The molecule has 1 heteroatoms. The molecule has 25 heavy (non-hydrogen) atoms. The predicted molar refractivity (Wildman–Crippen MR) is 112 cm³/mol. The number of anilines is 1. The van der Waals surface area contributed by atoms with Gasteiger partial charge in [0.15, 0.2) is 0 Å². The molecule has 0 aliphatic carbocycles. The first-order chi connectivity index (χ1) is 12.0. The van der Waals surface area contributed by atoms with E-state index in [4.69, 9.17) is 0 Å². The Morgan fingerprint density at radius 3 is 2.00 bits per heavy atom. The third kappa shape index (κ3) is 5.92. The van der Waals surface area contributed by atoms with Gasteiger partial charge in [0, 0.05) is 23.3 Å². The van der Waals surface area contributed by atoms with E-state index >= 15 is 0 Å². The molecule has 136 valence electrons. The minimum Gasteiger partial charge on any atom is -0.366 e. The second kappa shape index (κ2) is 9.65. The van der Waals surface area contributed by atoms with Crippen molar-refractivity contribution >= 4 is 5.69 Å². The molecular weight excluding hydrogens is 302 g/mol. The van der Waals surface area contributed by atoms with Gasteiger partial charge in [0.1, 0.15) is 0 Å². The fourth-order valence-electron chi connectivity index (χ4n) is 3.44. The summed E-state index contributed by atoms with van der Waals surface area (Å²) in [5, 5.41) is 0. The average molecular weight is 338 g/mol. The maximum Gasteiger partial charge on any atom is 0.0450 e. The fraction of sp³-hybridized carbons (Fsp3) is 0.500. The van der Waals surface area contributed by atoms with Gasteiger partial charge >= 0.3 is 0 Å². The normalized spacial score (nSPS) is 11.5. The maximum absolute atomic E-state index is 2.59. The van der Waals surface area contributed by atoms with Gasteiger partial charge < -0.3 is 4.90 Å². The Morgan fingerprint density at radius 1 is 0.720 bits per heavy atom. The smallest absolute Gasteiger partial charge is 0.0450 e. The van der Waals surface area contributed by atoms with E-state index in [9.17, 15) is 0 Å². The summed E-state index contributed by atoms with van der Waals surface area (Å²) in [5.41, 5.74) is 4.11. The molecule has 0 atom stereocenters. The second-order valence-corrected chi connectivity index (χ2v) is 7.97. The summed E-state index contributed by atoms with van der Waals surface area (Å²) in [5.74, 6) is 0. The lowest BCUT2D eigenvalue weighted by Gasteiger charge is -2.39. The van der Waals surface area contributed by atoms with E-state index in [1.165, 1.54) is 55.3 Å². The van der Waals surface area contributed by atoms with Crippen LogP contribution in [-0.4, -0.2) is 12.1 Å². The van der Waals surface area contributed by atoms with E-state index in [2.05, 4.69) is 87.2 Å². The summed E-state index contributed by atoms with van der Waals surface area (Å²) in [7, 11) is 0. The van der Waals surface area contributed by atoms with Gasteiger partial charge in [0.25, 0.3) is 0 Å². The summed E-state index contributed by atoms with van der Waals surface area (Å²) in [6.07, 6.45) is 8.04. The Hall–Kier alpha value is -1.76. The van der Waals surface area contributed by atoms with Crippen molar-refractivity contribution in [3.8, 4) is 11.1 Å². The molecule has 0 saturated heterocycles. The van der Waals surface area contributed by atoms with Crippen LogP contribution in [0.3, 0.4) is 0 Å². The predicted octanol–water partition coefficient (Wildman–Crippen LogP) is 7.32. The first-order valence-corrected chi connectivity index (χ1v) is 9.96. The van der Waals surface area contributed by atoms with Gasteiger partial charge in [0.05, 0.1) is 0 Å². The van der Waals surface area contributed by atoms with Crippen LogP contribution < -0.4 is 4.90 Å². The minimum absolute atomic E-state index is 0.119. The molecule has 0 radical (unpaired) electrons. The first kappa shape index (κ1) is 19.6. The van der Waals surface area contributed by atoms with Crippen LogP contribution in [0, 0.1) is 0 Å². The molecule has 0 aliphatic rings. The highest BCUT2D eigenvalue weighted by Gasteiger charge is 2.23. The van der Waals surface area contributed by atoms with E-state index in [0.29, 0.717) is 0 Å². The second-order valence-electron chi connectivity index (χ2n) is 7.97. The molecule has 0 bridgehead atoms. The van der Waals surface area contributed by atoms with Crippen molar-refractivity contribution in [3.05, 3.63) is 54.6 Å². The number of benzene rings is 2. The van der Waals surface area contributed by atoms with Gasteiger partial charge in [-0.05, 0) is 38.8 Å². The standard InChI is InChI=1S/C24H35N/c1-5-6-7-8-9-15-20-25(24(2,3)4)23-19-14-13-18-22(23)21-16-11-10-12-17-21/h10-14,16-19H,5-9,15,20H2,1-4H3. The highest BCUT2D eigenvalue weighted by molar-refractivity contribution is 5.79. The molecule has 0 amide bonds. The molecule has 0 unspecified atom stereocenters. The van der Waals surface area contributed by atoms with Crippen molar-refractivity contribution in [1.29, 1.82) is 0 Å². The van der Waals surface area contributed by atoms with Crippen molar-refractivity contribution < 1.29 is 0 Å². The Labute approximate surface area is 155 Å². The van der Waals surface area contributed by atoms with Gasteiger partial charge in [-0.3, -0.25) is 0 Å². The van der Waals surface area contributed by atoms with E-state index < -0.39 is 0 Å². The van der Waals surface area contributed by atoms with Gasteiger partial charge in [-0.15, -0.1) is 0 Å². The summed E-state index contributed by atoms with van der Waals surface area (Å²) in [6.45, 7) is 10.4.